The van der Waals surface area contributed by atoms with Crippen molar-refractivity contribution in [3.8, 4) is 12.3 Å². The van der Waals surface area contributed by atoms with Crippen LogP contribution in [-0.4, -0.2) is 11.7 Å². The van der Waals surface area contributed by atoms with Crippen molar-refractivity contribution in [1.29, 1.82) is 0 Å². The maximum atomic E-state index is 13.1. The van der Waals surface area contributed by atoms with Crippen molar-refractivity contribution in [2.24, 2.45) is 0 Å². The van der Waals surface area contributed by atoms with Crippen LogP contribution in [0.3, 0.4) is 0 Å². The number of hydrogen-bond donors (Lipinski definition) is 2. The lowest BCUT2D eigenvalue weighted by molar-refractivity contribution is 0.191. The van der Waals surface area contributed by atoms with Gasteiger partial charge in [-0.05, 0) is 35.9 Å². The second kappa shape index (κ2) is 6.18. The van der Waals surface area contributed by atoms with Crippen LogP contribution >= 0.6 is 0 Å². The molecule has 2 N–H and O–H groups in total. The normalized spacial score (nSPS) is 11.7. The van der Waals surface area contributed by atoms with E-state index in [2.05, 4.69) is 11.2 Å². The summed E-state index contributed by atoms with van der Waals surface area (Å²) < 4.78 is 25.9. The minimum Gasteiger partial charge on any atom is -0.387 e. The van der Waals surface area contributed by atoms with E-state index in [9.17, 15) is 13.9 Å². The van der Waals surface area contributed by atoms with Gasteiger partial charge in [0.1, 0.15) is 0 Å². The van der Waals surface area contributed by atoms with Gasteiger partial charge in [0, 0.05) is 17.8 Å². The number of aliphatic hydroxyl groups excluding tert-OH is 1. The van der Waals surface area contributed by atoms with Gasteiger partial charge < -0.3 is 10.4 Å². The smallest absolute Gasteiger partial charge is 0.159 e. The number of anilines is 1. The maximum absolute atomic E-state index is 13.1. The van der Waals surface area contributed by atoms with Gasteiger partial charge >= 0.3 is 0 Å². The standard InChI is InChI=1S/C16H13F2NO/c1-2-11-4-3-5-13(8-11)19-10-16(20)12-6-7-14(17)15(18)9-12/h1,3-9,16,19-20H,10H2. The van der Waals surface area contributed by atoms with E-state index in [4.69, 9.17) is 6.42 Å². The molecule has 2 aromatic carbocycles. The van der Waals surface area contributed by atoms with Gasteiger partial charge in [-0.15, -0.1) is 6.42 Å². The van der Waals surface area contributed by atoms with Crippen molar-refractivity contribution in [3.05, 3.63) is 65.2 Å². The van der Waals surface area contributed by atoms with Crippen LogP contribution in [0.2, 0.25) is 0 Å². The zero-order chi connectivity index (χ0) is 14.5. The number of nitrogens with one attached hydrogen (secondary N) is 1. The number of benzene rings is 2. The summed E-state index contributed by atoms with van der Waals surface area (Å²) in [7, 11) is 0. The molecule has 0 fully saturated rings. The topological polar surface area (TPSA) is 32.3 Å². The molecule has 0 aliphatic heterocycles. The molecule has 102 valence electrons. The second-order valence-electron chi connectivity index (χ2n) is 4.30. The van der Waals surface area contributed by atoms with Crippen LogP contribution in [0.5, 0.6) is 0 Å². The van der Waals surface area contributed by atoms with E-state index < -0.39 is 17.7 Å². The fraction of sp³-hybridized carbons (Fsp3) is 0.125. The van der Waals surface area contributed by atoms with E-state index in [1.165, 1.54) is 6.07 Å². The monoisotopic (exact) mass is 273 g/mol. The highest BCUT2D eigenvalue weighted by Crippen LogP contribution is 2.18. The Labute approximate surface area is 116 Å². The molecule has 0 heterocycles. The number of halogens is 2. The van der Waals surface area contributed by atoms with E-state index in [-0.39, 0.29) is 6.54 Å². The van der Waals surface area contributed by atoms with Gasteiger partial charge in [0.2, 0.25) is 0 Å². The van der Waals surface area contributed by atoms with Crippen LogP contribution in [0, 0.1) is 24.0 Å². The molecule has 0 aromatic heterocycles. The summed E-state index contributed by atoms with van der Waals surface area (Å²) in [5.74, 6) is 0.596. The summed E-state index contributed by atoms with van der Waals surface area (Å²) in [5, 5.41) is 12.9. The Kier molecular flexibility index (Phi) is 4.34. The molecule has 0 aliphatic rings. The van der Waals surface area contributed by atoms with Gasteiger partial charge in [0.25, 0.3) is 0 Å². The Morgan fingerprint density at radius 1 is 1.15 bits per heavy atom. The fourth-order valence-corrected chi connectivity index (χ4v) is 1.77. The third kappa shape index (κ3) is 3.34. The third-order valence-electron chi connectivity index (χ3n) is 2.86. The molecular formula is C16H13F2NO. The minimum atomic E-state index is -0.976. The highest BCUT2D eigenvalue weighted by Gasteiger charge is 2.10. The average molecular weight is 273 g/mol. The van der Waals surface area contributed by atoms with E-state index in [1.807, 2.05) is 0 Å². The fourth-order valence-electron chi connectivity index (χ4n) is 1.77. The zero-order valence-electron chi connectivity index (χ0n) is 10.6. The molecule has 2 aromatic rings. The summed E-state index contributed by atoms with van der Waals surface area (Å²) >= 11 is 0. The first-order valence-electron chi connectivity index (χ1n) is 6.03. The van der Waals surface area contributed by atoms with E-state index in [0.29, 0.717) is 5.56 Å². The van der Waals surface area contributed by atoms with Crippen molar-refractivity contribution in [3.63, 3.8) is 0 Å². The maximum Gasteiger partial charge on any atom is 0.159 e. The predicted molar refractivity (Wildman–Crippen MR) is 74.2 cm³/mol. The summed E-state index contributed by atoms with van der Waals surface area (Å²) in [6.07, 6.45) is 4.35. The summed E-state index contributed by atoms with van der Waals surface area (Å²) in [5.41, 5.74) is 1.78. The lowest BCUT2D eigenvalue weighted by Crippen LogP contribution is -2.12. The van der Waals surface area contributed by atoms with Gasteiger partial charge in [-0.2, -0.15) is 0 Å². The van der Waals surface area contributed by atoms with E-state index in [1.54, 1.807) is 24.3 Å². The van der Waals surface area contributed by atoms with Crippen LogP contribution in [0.15, 0.2) is 42.5 Å². The van der Waals surface area contributed by atoms with Crippen LogP contribution in [-0.2, 0) is 0 Å². The van der Waals surface area contributed by atoms with E-state index in [0.717, 1.165) is 23.4 Å². The Balaban J connectivity index is 2.02. The Bertz CT molecular complexity index is 649. The zero-order valence-corrected chi connectivity index (χ0v) is 10.6. The molecule has 0 radical (unpaired) electrons. The van der Waals surface area contributed by atoms with Crippen molar-refractivity contribution < 1.29 is 13.9 Å². The molecule has 2 rings (SSSR count). The predicted octanol–water partition coefficient (Wildman–Crippen LogP) is 3.09. The van der Waals surface area contributed by atoms with Gasteiger partial charge in [0.05, 0.1) is 6.10 Å². The number of hydrogen-bond acceptors (Lipinski definition) is 2. The molecule has 0 saturated carbocycles. The lowest BCUT2D eigenvalue weighted by Gasteiger charge is -2.13. The van der Waals surface area contributed by atoms with Crippen molar-refractivity contribution in [2.75, 3.05) is 11.9 Å². The molecule has 20 heavy (non-hydrogen) atoms. The summed E-state index contributed by atoms with van der Waals surface area (Å²) in [4.78, 5) is 0. The molecule has 0 spiro atoms. The molecule has 1 unspecified atom stereocenters. The molecule has 0 aliphatic carbocycles. The molecule has 4 heteroatoms. The summed E-state index contributed by atoms with van der Waals surface area (Å²) in [6, 6.07) is 10.5. The van der Waals surface area contributed by atoms with Crippen LogP contribution < -0.4 is 5.32 Å². The third-order valence-corrected chi connectivity index (χ3v) is 2.86. The molecular weight excluding hydrogens is 260 g/mol. The Morgan fingerprint density at radius 2 is 1.95 bits per heavy atom. The molecule has 1 atom stereocenters. The van der Waals surface area contributed by atoms with E-state index >= 15 is 0 Å². The Hall–Kier alpha value is -2.38. The van der Waals surface area contributed by atoms with Crippen molar-refractivity contribution >= 4 is 5.69 Å². The minimum absolute atomic E-state index is 0.166. The highest BCUT2D eigenvalue weighted by molar-refractivity contribution is 5.50. The summed E-state index contributed by atoms with van der Waals surface area (Å²) in [6.45, 7) is 0.166. The SMILES string of the molecule is C#Cc1cccc(NCC(O)c2ccc(F)c(F)c2)c1. The van der Waals surface area contributed by atoms with Gasteiger partial charge in [0.15, 0.2) is 11.6 Å². The number of rotatable bonds is 4. The molecule has 0 bridgehead atoms. The first-order valence-corrected chi connectivity index (χ1v) is 6.03. The van der Waals surface area contributed by atoms with Crippen LogP contribution in [0.4, 0.5) is 14.5 Å². The molecule has 2 nitrogen and oxygen atoms in total. The Morgan fingerprint density at radius 3 is 2.65 bits per heavy atom. The first kappa shape index (κ1) is 14.0. The molecule has 0 saturated heterocycles. The number of terminal acetylenes is 1. The van der Waals surface area contributed by atoms with Crippen LogP contribution in [0.1, 0.15) is 17.2 Å². The van der Waals surface area contributed by atoms with Gasteiger partial charge in [-0.1, -0.05) is 18.1 Å². The molecule has 0 amide bonds. The van der Waals surface area contributed by atoms with Crippen molar-refractivity contribution in [2.45, 2.75) is 6.10 Å². The van der Waals surface area contributed by atoms with Crippen LogP contribution in [0.25, 0.3) is 0 Å². The largest absolute Gasteiger partial charge is 0.387 e. The average Bonchev–Trinajstić information content (AvgIpc) is 2.47. The second-order valence-corrected chi connectivity index (χ2v) is 4.30. The van der Waals surface area contributed by atoms with Crippen molar-refractivity contribution in [1.82, 2.24) is 0 Å². The first-order chi connectivity index (χ1) is 9.60. The van der Waals surface area contributed by atoms with Gasteiger partial charge in [-0.25, -0.2) is 8.78 Å². The quantitative estimate of drug-likeness (QED) is 0.839. The number of aliphatic hydroxyl groups is 1. The van der Waals surface area contributed by atoms with Gasteiger partial charge in [-0.3, -0.25) is 0 Å². The highest BCUT2D eigenvalue weighted by atomic mass is 19.2. The lowest BCUT2D eigenvalue weighted by atomic mass is 10.1.